The molecule has 0 atom stereocenters. The zero-order valence-corrected chi connectivity index (χ0v) is 9.64. The van der Waals surface area contributed by atoms with Crippen molar-refractivity contribution in [3.05, 3.63) is 24.5 Å². The van der Waals surface area contributed by atoms with Crippen LogP contribution in [0.1, 0.15) is 6.42 Å². The number of hydrogen-bond donors (Lipinski definition) is 3. The molecule has 0 saturated carbocycles. The lowest BCUT2D eigenvalue weighted by Crippen LogP contribution is -2.27. The Labute approximate surface area is 93.4 Å². The smallest absolute Gasteiger partial charge is 0.334 e. The molecule has 0 aromatic carbocycles. The van der Waals surface area contributed by atoms with E-state index >= 15 is 0 Å². The average Bonchev–Trinajstić information content (AvgIpc) is 2.62. The minimum absolute atomic E-state index is 0.414. The number of nitrogens with zero attached hydrogens (tertiary/aromatic N) is 1. The Hall–Kier alpha value is -1.10. The molecule has 0 aliphatic heterocycles. The van der Waals surface area contributed by atoms with Gasteiger partial charge in [0.25, 0.3) is 0 Å². The van der Waals surface area contributed by atoms with Crippen LogP contribution in [0.2, 0.25) is 0 Å². The number of aryl methyl sites for hydroxylation is 1. The molecule has 0 spiro atoms. The standard InChI is InChI=1S/C9H15N2O4P/c12-9(8-16(13,14)15)10-4-3-7-11-5-1-2-6-11/h1-2,5-6H,3-4,7-8H2,(H,10,12)(H2,13,14,15). The van der Waals surface area contributed by atoms with Crippen LogP contribution in [0.4, 0.5) is 0 Å². The van der Waals surface area contributed by atoms with E-state index < -0.39 is 19.7 Å². The third-order valence-corrected chi connectivity index (χ3v) is 2.63. The summed E-state index contributed by atoms with van der Waals surface area (Å²) in [6.45, 7) is 1.18. The molecule has 0 saturated heterocycles. The first-order valence-corrected chi connectivity index (χ1v) is 6.69. The predicted molar refractivity (Wildman–Crippen MR) is 59.0 cm³/mol. The lowest BCUT2D eigenvalue weighted by atomic mass is 10.4. The van der Waals surface area contributed by atoms with E-state index in [0.717, 1.165) is 13.0 Å². The number of aromatic nitrogens is 1. The van der Waals surface area contributed by atoms with Crippen molar-refractivity contribution in [1.29, 1.82) is 0 Å². The summed E-state index contributed by atoms with van der Waals surface area (Å²) in [6.07, 6.45) is 3.81. The van der Waals surface area contributed by atoms with Crippen LogP contribution in [-0.4, -0.2) is 33.0 Å². The van der Waals surface area contributed by atoms with Gasteiger partial charge in [0.1, 0.15) is 6.16 Å². The van der Waals surface area contributed by atoms with E-state index in [1.165, 1.54) is 0 Å². The summed E-state index contributed by atoms with van der Waals surface area (Å²) in [5, 5.41) is 2.46. The Bertz CT molecular complexity index is 371. The van der Waals surface area contributed by atoms with Gasteiger partial charge in [-0.15, -0.1) is 0 Å². The Morgan fingerprint density at radius 3 is 2.50 bits per heavy atom. The van der Waals surface area contributed by atoms with Crippen LogP contribution in [0.3, 0.4) is 0 Å². The monoisotopic (exact) mass is 246 g/mol. The highest BCUT2D eigenvalue weighted by molar-refractivity contribution is 7.52. The maximum absolute atomic E-state index is 11.0. The topological polar surface area (TPSA) is 91.6 Å². The summed E-state index contributed by atoms with van der Waals surface area (Å²) in [5.41, 5.74) is 0. The van der Waals surface area contributed by atoms with Crippen molar-refractivity contribution in [3.8, 4) is 0 Å². The quantitative estimate of drug-likeness (QED) is 0.493. The van der Waals surface area contributed by atoms with Crippen LogP contribution in [-0.2, 0) is 15.9 Å². The number of carbonyl (C=O) groups is 1. The summed E-state index contributed by atoms with van der Waals surface area (Å²) >= 11 is 0. The van der Waals surface area contributed by atoms with Crippen LogP contribution in [0, 0.1) is 0 Å². The molecule has 1 rings (SSSR count). The second-order valence-corrected chi connectivity index (χ2v) is 5.09. The molecule has 1 aromatic heterocycles. The van der Waals surface area contributed by atoms with Gasteiger partial charge in [-0.05, 0) is 18.6 Å². The first-order valence-electron chi connectivity index (χ1n) is 4.89. The minimum Gasteiger partial charge on any atom is -0.355 e. The van der Waals surface area contributed by atoms with Crippen molar-refractivity contribution in [2.45, 2.75) is 13.0 Å². The second-order valence-electron chi connectivity index (χ2n) is 3.45. The molecular formula is C9H15N2O4P. The molecule has 3 N–H and O–H groups in total. The van der Waals surface area contributed by atoms with Crippen molar-refractivity contribution in [3.63, 3.8) is 0 Å². The van der Waals surface area contributed by atoms with Gasteiger partial charge in [0.2, 0.25) is 5.91 Å². The molecule has 1 aromatic rings. The molecule has 0 unspecified atom stereocenters. The molecule has 1 heterocycles. The third-order valence-electron chi connectivity index (χ3n) is 1.93. The normalized spacial score (nSPS) is 11.4. The van der Waals surface area contributed by atoms with E-state index in [0.29, 0.717) is 6.54 Å². The highest BCUT2D eigenvalue weighted by atomic mass is 31.2. The average molecular weight is 246 g/mol. The molecule has 0 radical (unpaired) electrons. The first kappa shape index (κ1) is 13.0. The van der Waals surface area contributed by atoms with Gasteiger partial charge in [-0.2, -0.15) is 0 Å². The Morgan fingerprint density at radius 1 is 1.31 bits per heavy atom. The second kappa shape index (κ2) is 5.84. The molecule has 16 heavy (non-hydrogen) atoms. The van der Waals surface area contributed by atoms with E-state index in [1.54, 1.807) is 0 Å². The van der Waals surface area contributed by atoms with E-state index in [2.05, 4.69) is 5.32 Å². The van der Waals surface area contributed by atoms with Crippen molar-refractivity contribution < 1.29 is 19.1 Å². The van der Waals surface area contributed by atoms with Gasteiger partial charge in [0.05, 0.1) is 0 Å². The van der Waals surface area contributed by atoms with Crippen molar-refractivity contribution in [2.75, 3.05) is 12.7 Å². The van der Waals surface area contributed by atoms with Crippen molar-refractivity contribution in [1.82, 2.24) is 9.88 Å². The number of hydrogen-bond acceptors (Lipinski definition) is 2. The van der Waals surface area contributed by atoms with Gasteiger partial charge in [-0.25, -0.2) is 0 Å². The molecule has 0 fully saturated rings. The van der Waals surface area contributed by atoms with Gasteiger partial charge in [-0.3, -0.25) is 9.36 Å². The summed E-state index contributed by atoms with van der Waals surface area (Å²) < 4.78 is 12.5. The van der Waals surface area contributed by atoms with Crippen LogP contribution < -0.4 is 5.32 Å². The van der Waals surface area contributed by atoms with E-state index in [4.69, 9.17) is 9.79 Å². The Morgan fingerprint density at radius 2 is 1.94 bits per heavy atom. The molecule has 90 valence electrons. The SMILES string of the molecule is O=C(CP(=O)(O)O)NCCCn1cccc1. The summed E-state index contributed by atoms with van der Waals surface area (Å²) in [6, 6.07) is 3.82. The number of carbonyl (C=O) groups excluding carboxylic acids is 1. The number of rotatable bonds is 6. The maximum atomic E-state index is 11.0. The minimum atomic E-state index is -4.24. The van der Waals surface area contributed by atoms with E-state index in [1.807, 2.05) is 29.1 Å². The Balaban J connectivity index is 2.12. The van der Waals surface area contributed by atoms with Gasteiger partial charge in [0.15, 0.2) is 0 Å². The van der Waals surface area contributed by atoms with Crippen LogP contribution >= 0.6 is 7.60 Å². The molecule has 7 heteroatoms. The zero-order chi connectivity index (χ0) is 12.0. The number of amides is 1. The summed E-state index contributed by atoms with van der Waals surface area (Å²) in [5.74, 6) is -0.610. The third kappa shape index (κ3) is 5.70. The zero-order valence-electron chi connectivity index (χ0n) is 8.74. The first-order chi connectivity index (χ1) is 7.47. The molecule has 6 nitrogen and oxygen atoms in total. The molecule has 0 aliphatic carbocycles. The molecule has 0 aliphatic rings. The van der Waals surface area contributed by atoms with Crippen LogP contribution in [0.25, 0.3) is 0 Å². The van der Waals surface area contributed by atoms with Gasteiger partial charge >= 0.3 is 7.60 Å². The fourth-order valence-electron chi connectivity index (χ4n) is 1.25. The molecule has 1 amide bonds. The lowest BCUT2D eigenvalue weighted by Gasteiger charge is -2.06. The highest BCUT2D eigenvalue weighted by Crippen LogP contribution is 2.33. The maximum Gasteiger partial charge on any atom is 0.334 e. The van der Waals surface area contributed by atoms with E-state index in [9.17, 15) is 9.36 Å². The summed E-state index contributed by atoms with van der Waals surface area (Å²) in [7, 11) is -4.24. The number of nitrogens with one attached hydrogen (secondary N) is 1. The predicted octanol–water partition coefficient (Wildman–Crippen LogP) is 0.172. The van der Waals surface area contributed by atoms with Crippen molar-refractivity contribution in [2.24, 2.45) is 0 Å². The van der Waals surface area contributed by atoms with Crippen LogP contribution in [0.15, 0.2) is 24.5 Å². The largest absolute Gasteiger partial charge is 0.355 e. The summed E-state index contributed by atoms with van der Waals surface area (Å²) in [4.78, 5) is 28.1. The van der Waals surface area contributed by atoms with Gasteiger partial charge in [0, 0.05) is 25.5 Å². The van der Waals surface area contributed by atoms with Crippen LogP contribution in [0.5, 0.6) is 0 Å². The van der Waals surface area contributed by atoms with E-state index in [-0.39, 0.29) is 0 Å². The molecule has 0 bridgehead atoms. The highest BCUT2D eigenvalue weighted by Gasteiger charge is 2.18. The lowest BCUT2D eigenvalue weighted by molar-refractivity contribution is -0.118. The van der Waals surface area contributed by atoms with Gasteiger partial charge in [-0.1, -0.05) is 0 Å². The Kier molecular flexibility index (Phi) is 4.73. The molecular weight excluding hydrogens is 231 g/mol. The van der Waals surface area contributed by atoms with Gasteiger partial charge < -0.3 is 19.7 Å². The fourth-order valence-corrected chi connectivity index (χ4v) is 1.74. The van der Waals surface area contributed by atoms with Crippen molar-refractivity contribution >= 4 is 13.5 Å². The fraction of sp³-hybridized carbons (Fsp3) is 0.444.